The molecule has 25 heavy (non-hydrogen) atoms. The summed E-state index contributed by atoms with van der Waals surface area (Å²) in [5, 5.41) is 0.269. The van der Waals surface area contributed by atoms with Gasteiger partial charge in [-0.15, -0.1) is 0 Å². The zero-order chi connectivity index (χ0) is 18.6. The van der Waals surface area contributed by atoms with Gasteiger partial charge in [-0.25, -0.2) is 13.2 Å². The van der Waals surface area contributed by atoms with E-state index in [-0.39, 0.29) is 16.6 Å². The Labute approximate surface area is 148 Å². The van der Waals surface area contributed by atoms with Gasteiger partial charge in [0.25, 0.3) is 0 Å². The van der Waals surface area contributed by atoms with Gasteiger partial charge in [-0.05, 0) is 13.0 Å². The number of likely N-dealkylation sites (N-methyl/N-ethyl adjacent to an activating group) is 1. The maximum atomic E-state index is 12.9. The molecule has 1 aromatic carbocycles. The average molecular weight is 387 g/mol. The van der Waals surface area contributed by atoms with Crippen LogP contribution in [0.4, 0.5) is 4.79 Å². The number of esters is 1. The maximum absolute atomic E-state index is 12.9. The molecule has 0 saturated carbocycles. The van der Waals surface area contributed by atoms with Crippen LogP contribution in [0.15, 0.2) is 29.2 Å². The molecule has 0 radical (unpaired) electrons. The van der Waals surface area contributed by atoms with E-state index < -0.39 is 28.7 Å². The lowest BCUT2D eigenvalue weighted by molar-refractivity contribution is -0.143. The molecule has 0 atom stereocenters. The molecule has 1 heterocycles. The second-order valence-electron chi connectivity index (χ2n) is 4.84. The van der Waals surface area contributed by atoms with Crippen molar-refractivity contribution in [1.29, 1.82) is 0 Å². The first kappa shape index (κ1) is 19.2. The maximum Gasteiger partial charge on any atom is 0.514 e. The third-order valence-corrected chi connectivity index (χ3v) is 6.24. The summed E-state index contributed by atoms with van der Waals surface area (Å²) in [7, 11) is -1.74. The number of carbonyl (C=O) groups excluding carboxylic acids is 2. The molecule has 0 amide bonds. The van der Waals surface area contributed by atoms with Crippen molar-refractivity contribution < 1.29 is 32.2 Å². The van der Waals surface area contributed by atoms with Crippen molar-refractivity contribution in [2.24, 2.45) is 0 Å². The SMILES string of the molecule is CCOC(=O)CN(C)S(=O)(=O)c1c(OC(=O)OC)sc2ccccc12. The van der Waals surface area contributed by atoms with E-state index >= 15 is 0 Å². The third kappa shape index (κ3) is 4.09. The minimum absolute atomic E-state index is 0.122. The Morgan fingerprint density at radius 1 is 1.24 bits per heavy atom. The number of thiophene rings is 1. The summed E-state index contributed by atoms with van der Waals surface area (Å²) in [5.41, 5.74) is 0. The first-order valence-electron chi connectivity index (χ1n) is 7.20. The molecule has 2 aromatic rings. The minimum atomic E-state index is -4.11. The van der Waals surface area contributed by atoms with Crippen LogP contribution >= 0.6 is 11.3 Å². The van der Waals surface area contributed by atoms with E-state index in [2.05, 4.69) is 4.74 Å². The summed E-state index contributed by atoms with van der Waals surface area (Å²) in [6, 6.07) is 6.70. The van der Waals surface area contributed by atoms with E-state index in [4.69, 9.17) is 9.47 Å². The van der Waals surface area contributed by atoms with E-state index in [0.717, 1.165) is 22.8 Å². The second-order valence-corrected chi connectivity index (χ2v) is 7.83. The molecule has 8 nitrogen and oxygen atoms in total. The summed E-state index contributed by atoms with van der Waals surface area (Å²) in [5.74, 6) is -0.677. The topological polar surface area (TPSA) is 99.2 Å². The molecule has 0 spiro atoms. The van der Waals surface area contributed by atoms with Crippen LogP contribution in [-0.4, -0.2) is 52.2 Å². The van der Waals surface area contributed by atoms with Crippen molar-refractivity contribution >= 4 is 43.6 Å². The summed E-state index contributed by atoms with van der Waals surface area (Å²) in [6.45, 7) is 1.31. The Hall–Kier alpha value is -2.17. The van der Waals surface area contributed by atoms with Gasteiger partial charge in [0, 0.05) is 17.1 Å². The molecular weight excluding hydrogens is 370 g/mol. The lowest BCUT2D eigenvalue weighted by Gasteiger charge is -2.16. The highest BCUT2D eigenvalue weighted by atomic mass is 32.2. The first-order chi connectivity index (χ1) is 11.8. The highest BCUT2D eigenvalue weighted by Crippen LogP contribution is 2.42. The highest BCUT2D eigenvalue weighted by molar-refractivity contribution is 7.89. The molecule has 1 aromatic heterocycles. The fraction of sp³-hybridized carbons (Fsp3) is 0.333. The molecule has 0 N–H and O–H groups in total. The Morgan fingerprint density at radius 3 is 2.56 bits per heavy atom. The smallest absolute Gasteiger partial charge is 0.465 e. The van der Waals surface area contributed by atoms with Gasteiger partial charge in [0.1, 0.15) is 11.4 Å². The quantitative estimate of drug-likeness (QED) is 0.701. The summed E-state index contributed by atoms with van der Waals surface area (Å²) in [6.07, 6.45) is -1.03. The lowest BCUT2D eigenvalue weighted by Crippen LogP contribution is -2.33. The van der Waals surface area contributed by atoms with Crippen molar-refractivity contribution in [1.82, 2.24) is 4.31 Å². The Morgan fingerprint density at radius 2 is 1.92 bits per heavy atom. The van der Waals surface area contributed by atoms with Gasteiger partial charge in [-0.2, -0.15) is 4.31 Å². The number of methoxy groups -OCH3 is 1. The zero-order valence-electron chi connectivity index (χ0n) is 13.8. The van der Waals surface area contributed by atoms with Crippen LogP contribution in [0.1, 0.15) is 6.92 Å². The monoisotopic (exact) mass is 387 g/mol. The molecule has 0 unspecified atom stereocenters. The van der Waals surface area contributed by atoms with Gasteiger partial charge in [0.05, 0.1) is 13.7 Å². The lowest BCUT2D eigenvalue weighted by atomic mass is 10.3. The molecule has 0 fully saturated rings. The number of nitrogens with zero attached hydrogens (tertiary/aromatic N) is 1. The van der Waals surface area contributed by atoms with Crippen molar-refractivity contribution in [3.63, 3.8) is 0 Å². The Bertz CT molecular complexity index is 888. The number of rotatable bonds is 6. The molecule has 2 rings (SSSR count). The second kappa shape index (κ2) is 7.81. The van der Waals surface area contributed by atoms with Crippen LogP contribution in [0.5, 0.6) is 5.06 Å². The number of hydrogen-bond acceptors (Lipinski definition) is 8. The fourth-order valence-corrected chi connectivity index (χ4v) is 4.80. The van der Waals surface area contributed by atoms with Gasteiger partial charge < -0.3 is 14.2 Å². The Balaban J connectivity index is 2.51. The fourth-order valence-electron chi connectivity index (χ4n) is 2.06. The molecular formula is C15H17NO7S2. The highest BCUT2D eigenvalue weighted by Gasteiger charge is 2.32. The minimum Gasteiger partial charge on any atom is -0.465 e. The van der Waals surface area contributed by atoms with Crippen LogP contribution in [-0.2, 0) is 24.3 Å². The Kier molecular flexibility index (Phi) is 5.98. The molecule has 0 aliphatic rings. The van der Waals surface area contributed by atoms with Crippen molar-refractivity contribution in [2.45, 2.75) is 11.8 Å². The number of carbonyl (C=O) groups is 2. The van der Waals surface area contributed by atoms with Gasteiger partial charge in [-0.1, -0.05) is 29.5 Å². The molecule has 0 aliphatic carbocycles. The third-order valence-electron chi connectivity index (χ3n) is 3.19. The van der Waals surface area contributed by atoms with Crippen molar-refractivity contribution in [3.8, 4) is 5.06 Å². The van der Waals surface area contributed by atoms with Gasteiger partial charge in [0.2, 0.25) is 15.1 Å². The first-order valence-corrected chi connectivity index (χ1v) is 9.46. The van der Waals surface area contributed by atoms with E-state index in [9.17, 15) is 18.0 Å². The van der Waals surface area contributed by atoms with Gasteiger partial charge in [0.15, 0.2) is 0 Å². The summed E-state index contributed by atoms with van der Waals surface area (Å²) >= 11 is 0.996. The standard InChI is InChI=1S/C15H17NO7S2/c1-4-22-12(17)9-16(2)25(19,20)13-10-7-5-6-8-11(10)24-14(13)23-15(18)21-3/h5-8H,4,9H2,1-3H3. The number of ether oxygens (including phenoxy) is 3. The number of fused-ring (bicyclic) bond motifs is 1. The van der Waals surface area contributed by atoms with E-state index in [0.29, 0.717) is 10.1 Å². The predicted molar refractivity (Wildman–Crippen MR) is 91.3 cm³/mol. The number of benzene rings is 1. The molecule has 0 bridgehead atoms. The van der Waals surface area contributed by atoms with Crippen LogP contribution in [0, 0.1) is 0 Å². The van der Waals surface area contributed by atoms with Gasteiger partial charge in [-0.3, -0.25) is 4.79 Å². The zero-order valence-corrected chi connectivity index (χ0v) is 15.5. The summed E-state index contributed by atoms with van der Waals surface area (Å²) < 4.78 is 41.5. The predicted octanol–water partition coefficient (Wildman–Crippen LogP) is 2.23. The molecule has 0 saturated heterocycles. The number of sulfonamides is 1. The summed E-state index contributed by atoms with van der Waals surface area (Å²) in [4.78, 5) is 22.9. The largest absolute Gasteiger partial charge is 0.514 e. The van der Waals surface area contributed by atoms with Gasteiger partial charge >= 0.3 is 12.1 Å². The van der Waals surface area contributed by atoms with E-state index in [1.807, 2.05) is 0 Å². The van der Waals surface area contributed by atoms with E-state index in [1.54, 1.807) is 31.2 Å². The number of hydrogen-bond donors (Lipinski definition) is 0. The van der Waals surface area contributed by atoms with Crippen LogP contribution < -0.4 is 4.74 Å². The van der Waals surface area contributed by atoms with Crippen LogP contribution in [0.25, 0.3) is 10.1 Å². The molecule has 0 aliphatic heterocycles. The molecule has 136 valence electrons. The van der Waals surface area contributed by atoms with Crippen molar-refractivity contribution in [2.75, 3.05) is 27.3 Å². The average Bonchev–Trinajstić information content (AvgIpc) is 2.93. The van der Waals surface area contributed by atoms with Crippen LogP contribution in [0.2, 0.25) is 0 Å². The van der Waals surface area contributed by atoms with E-state index in [1.165, 1.54) is 7.05 Å². The van der Waals surface area contributed by atoms with Crippen molar-refractivity contribution in [3.05, 3.63) is 24.3 Å². The normalized spacial score (nSPS) is 11.5. The van der Waals surface area contributed by atoms with Crippen LogP contribution in [0.3, 0.4) is 0 Å². The molecule has 10 heteroatoms.